The van der Waals surface area contributed by atoms with E-state index in [1.165, 1.54) is 12.8 Å². The van der Waals surface area contributed by atoms with E-state index in [1.54, 1.807) is 0 Å². The van der Waals surface area contributed by atoms with Gasteiger partial charge >= 0.3 is 0 Å². The molecule has 0 unspecified atom stereocenters. The van der Waals surface area contributed by atoms with Crippen molar-refractivity contribution in [2.75, 3.05) is 18.5 Å². The topological polar surface area (TPSA) is 29.3 Å². The number of benzene rings is 1. The average Bonchev–Trinajstić information content (AvgIpc) is 3.00. The van der Waals surface area contributed by atoms with Crippen molar-refractivity contribution in [2.24, 2.45) is 11.7 Å². The summed E-state index contributed by atoms with van der Waals surface area (Å²) in [6.07, 6.45) is 2.70. The Balaban J connectivity index is 2.30. The molecule has 1 saturated carbocycles. The Kier molecular flexibility index (Phi) is 3.50. The third kappa shape index (κ3) is 2.55. The van der Waals surface area contributed by atoms with Crippen LogP contribution in [0.1, 0.15) is 18.4 Å². The molecule has 2 nitrogen and oxygen atoms in total. The number of nitrogens with two attached hydrogens (primary N) is 1. The molecule has 0 bridgehead atoms. The molecule has 1 aromatic carbocycles. The summed E-state index contributed by atoms with van der Waals surface area (Å²) < 4.78 is 0.972. The monoisotopic (exact) mass is 298 g/mol. The van der Waals surface area contributed by atoms with Gasteiger partial charge in [0.15, 0.2) is 0 Å². The summed E-state index contributed by atoms with van der Waals surface area (Å²) in [6, 6.07) is 6.06. The fraction of sp³-hybridized carbons (Fsp3) is 0.417. The third-order valence-corrected chi connectivity index (χ3v) is 3.74. The Hall–Kier alpha value is -0.610. The van der Waals surface area contributed by atoms with Crippen LogP contribution in [0.25, 0.3) is 0 Å². The minimum atomic E-state index is 0.449. The normalized spacial score (nSPS) is 14.9. The van der Waals surface area contributed by atoms with Crippen molar-refractivity contribution in [1.82, 2.24) is 0 Å². The van der Waals surface area contributed by atoms with Gasteiger partial charge in [-0.05, 0) is 46.8 Å². The third-order valence-electron chi connectivity index (χ3n) is 2.88. The summed E-state index contributed by atoms with van der Waals surface area (Å²) in [4.78, 5) is 2.70. The molecule has 1 fully saturated rings. The van der Waals surface area contributed by atoms with E-state index < -0.39 is 0 Å². The highest BCUT2D eigenvalue weighted by Crippen LogP contribution is 2.33. The second kappa shape index (κ2) is 4.72. The van der Waals surface area contributed by atoms with Crippen LogP contribution in [0, 0.1) is 5.92 Å². The first kappa shape index (κ1) is 11.9. The fourth-order valence-electron chi connectivity index (χ4n) is 1.86. The number of halogens is 1. The zero-order chi connectivity index (χ0) is 11.7. The van der Waals surface area contributed by atoms with E-state index in [0.717, 1.165) is 28.2 Å². The first-order valence-electron chi connectivity index (χ1n) is 5.39. The molecular weight excluding hydrogens is 284 g/mol. The maximum Gasteiger partial charge on any atom is 0.107 e. The molecule has 86 valence electrons. The fourth-order valence-corrected chi connectivity index (χ4v) is 2.78. The van der Waals surface area contributed by atoms with E-state index in [-0.39, 0.29) is 0 Å². The van der Waals surface area contributed by atoms with E-state index in [1.807, 2.05) is 12.1 Å². The summed E-state index contributed by atoms with van der Waals surface area (Å²) in [6.45, 7) is 1.09. The smallest absolute Gasteiger partial charge is 0.107 e. The molecule has 1 aromatic rings. The van der Waals surface area contributed by atoms with Crippen molar-refractivity contribution in [3.05, 3.63) is 28.2 Å². The quantitative estimate of drug-likeness (QED) is 0.867. The van der Waals surface area contributed by atoms with Gasteiger partial charge in [-0.3, -0.25) is 0 Å². The minimum absolute atomic E-state index is 0.449. The van der Waals surface area contributed by atoms with Gasteiger partial charge in [0.25, 0.3) is 0 Å². The maximum absolute atomic E-state index is 5.77. The number of rotatable bonds is 4. The minimum Gasteiger partial charge on any atom is -0.389 e. The predicted molar refractivity (Wildman–Crippen MR) is 76.0 cm³/mol. The van der Waals surface area contributed by atoms with Crippen molar-refractivity contribution in [3.63, 3.8) is 0 Å². The zero-order valence-corrected chi connectivity index (χ0v) is 11.6. The van der Waals surface area contributed by atoms with Crippen molar-refractivity contribution >= 4 is 38.8 Å². The Morgan fingerprint density at radius 2 is 2.25 bits per heavy atom. The van der Waals surface area contributed by atoms with Crippen LogP contribution >= 0.6 is 28.1 Å². The van der Waals surface area contributed by atoms with Crippen LogP contribution in [-0.4, -0.2) is 18.6 Å². The lowest BCUT2D eigenvalue weighted by Gasteiger charge is -2.22. The number of nitrogens with zero attached hydrogens (tertiary/aromatic N) is 1. The summed E-state index contributed by atoms with van der Waals surface area (Å²) in [5.74, 6) is 0.850. The van der Waals surface area contributed by atoms with Gasteiger partial charge in [0, 0.05) is 29.3 Å². The van der Waals surface area contributed by atoms with Crippen LogP contribution in [0.15, 0.2) is 22.7 Å². The molecule has 0 aromatic heterocycles. The van der Waals surface area contributed by atoms with Crippen molar-refractivity contribution in [1.29, 1.82) is 0 Å². The molecule has 0 saturated heterocycles. The summed E-state index contributed by atoms with van der Waals surface area (Å²) in [5, 5.41) is 0. The van der Waals surface area contributed by atoms with Crippen LogP contribution in [0.4, 0.5) is 5.69 Å². The van der Waals surface area contributed by atoms with Gasteiger partial charge in [0.1, 0.15) is 4.99 Å². The molecule has 2 N–H and O–H groups in total. The largest absolute Gasteiger partial charge is 0.389 e. The van der Waals surface area contributed by atoms with E-state index >= 15 is 0 Å². The molecule has 2 rings (SSSR count). The van der Waals surface area contributed by atoms with Crippen LogP contribution < -0.4 is 10.6 Å². The second-order valence-corrected chi connectivity index (χ2v) is 5.62. The van der Waals surface area contributed by atoms with Crippen LogP contribution in [0.3, 0.4) is 0 Å². The zero-order valence-electron chi connectivity index (χ0n) is 9.24. The number of thiocarbonyl (C=S) groups is 1. The van der Waals surface area contributed by atoms with Gasteiger partial charge in [0.05, 0.1) is 0 Å². The highest BCUT2D eigenvalue weighted by Gasteiger charge is 2.24. The molecule has 0 radical (unpaired) electrons. The summed E-state index contributed by atoms with van der Waals surface area (Å²) in [5.41, 5.74) is 7.84. The first-order chi connectivity index (χ1) is 7.59. The van der Waals surface area contributed by atoms with E-state index in [0.29, 0.717) is 4.99 Å². The lowest BCUT2D eigenvalue weighted by Crippen LogP contribution is -2.24. The van der Waals surface area contributed by atoms with Gasteiger partial charge in [-0.25, -0.2) is 0 Å². The van der Waals surface area contributed by atoms with Gasteiger partial charge < -0.3 is 10.6 Å². The van der Waals surface area contributed by atoms with Crippen LogP contribution in [0.5, 0.6) is 0 Å². The Labute approximate surface area is 110 Å². The molecule has 0 spiro atoms. The molecule has 16 heavy (non-hydrogen) atoms. The molecule has 0 amide bonds. The van der Waals surface area contributed by atoms with E-state index in [9.17, 15) is 0 Å². The van der Waals surface area contributed by atoms with Crippen molar-refractivity contribution in [2.45, 2.75) is 12.8 Å². The van der Waals surface area contributed by atoms with Gasteiger partial charge in [0.2, 0.25) is 0 Å². The SMILES string of the molecule is CN(CC1CC1)c1cccc(Br)c1C(N)=S. The lowest BCUT2D eigenvalue weighted by molar-refractivity contribution is 0.787. The second-order valence-electron chi connectivity index (χ2n) is 4.32. The maximum atomic E-state index is 5.77. The predicted octanol–water partition coefficient (Wildman–Crippen LogP) is 2.93. The Morgan fingerprint density at radius 1 is 1.56 bits per heavy atom. The Morgan fingerprint density at radius 3 is 2.81 bits per heavy atom. The van der Waals surface area contributed by atoms with Crippen molar-refractivity contribution < 1.29 is 0 Å². The molecule has 0 atom stereocenters. The molecular formula is C12H15BrN2S. The van der Waals surface area contributed by atoms with Crippen LogP contribution in [-0.2, 0) is 0 Å². The van der Waals surface area contributed by atoms with Crippen molar-refractivity contribution in [3.8, 4) is 0 Å². The summed E-state index contributed by atoms with van der Waals surface area (Å²) in [7, 11) is 2.10. The standard InChI is InChI=1S/C12H15BrN2S/c1-15(7-8-5-6-8)10-4-2-3-9(13)11(10)12(14)16/h2-4,8H,5-7H2,1H3,(H2,14,16). The number of hydrogen-bond donors (Lipinski definition) is 1. The molecule has 1 aliphatic carbocycles. The highest BCUT2D eigenvalue weighted by atomic mass is 79.9. The van der Waals surface area contributed by atoms with Crippen LogP contribution in [0.2, 0.25) is 0 Å². The van der Waals surface area contributed by atoms with E-state index in [2.05, 4.69) is 33.9 Å². The average molecular weight is 299 g/mol. The highest BCUT2D eigenvalue weighted by molar-refractivity contribution is 9.10. The molecule has 4 heteroatoms. The summed E-state index contributed by atoms with van der Waals surface area (Å²) >= 11 is 8.61. The number of anilines is 1. The van der Waals surface area contributed by atoms with Gasteiger partial charge in [-0.1, -0.05) is 18.3 Å². The molecule has 1 aliphatic rings. The molecule has 0 heterocycles. The Bertz CT molecular complexity index is 415. The van der Waals surface area contributed by atoms with E-state index in [4.69, 9.17) is 18.0 Å². The number of hydrogen-bond acceptors (Lipinski definition) is 2. The lowest BCUT2D eigenvalue weighted by atomic mass is 10.1. The first-order valence-corrected chi connectivity index (χ1v) is 6.59. The van der Waals surface area contributed by atoms with Gasteiger partial charge in [-0.15, -0.1) is 0 Å². The molecule has 0 aliphatic heterocycles. The van der Waals surface area contributed by atoms with Gasteiger partial charge in [-0.2, -0.15) is 0 Å².